The Labute approximate surface area is 263 Å². The first-order valence-corrected chi connectivity index (χ1v) is 15.9. The van der Waals surface area contributed by atoms with Crippen LogP contribution < -0.4 is 15.4 Å². The third-order valence-electron chi connectivity index (χ3n) is 8.27. The number of carbonyl (C=O) groups is 2. The summed E-state index contributed by atoms with van der Waals surface area (Å²) < 4.78 is 5.31. The van der Waals surface area contributed by atoms with Gasteiger partial charge in [-0.1, -0.05) is 48.5 Å². The second-order valence-corrected chi connectivity index (χ2v) is 12.3. The Morgan fingerprint density at radius 2 is 1.84 bits per heavy atom. The molecule has 0 radical (unpaired) electrons. The van der Waals surface area contributed by atoms with Crippen LogP contribution in [0.25, 0.3) is 0 Å². The van der Waals surface area contributed by atoms with Crippen molar-refractivity contribution in [3.8, 4) is 5.75 Å². The van der Waals surface area contributed by atoms with Crippen LogP contribution in [0.1, 0.15) is 74.8 Å². The zero-order valence-corrected chi connectivity index (χ0v) is 26.3. The maximum Gasteiger partial charge on any atom is 0.254 e. The van der Waals surface area contributed by atoms with Crippen molar-refractivity contribution in [2.24, 2.45) is 0 Å². The second-order valence-electron chi connectivity index (χ2n) is 11.4. The molecule has 0 saturated carbocycles. The molecular formula is C35H40N4O4S. The maximum atomic E-state index is 13.8. The molecule has 0 aliphatic carbocycles. The first-order valence-electron chi connectivity index (χ1n) is 15.0. The lowest BCUT2D eigenvalue weighted by Gasteiger charge is -2.36. The quantitative estimate of drug-likeness (QED) is 0.203. The van der Waals surface area contributed by atoms with Gasteiger partial charge in [0, 0.05) is 41.8 Å². The summed E-state index contributed by atoms with van der Waals surface area (Å²) in [6.07, 6.45) is 1.90. The van der Waals surface area contributed by atoms with Gasteiger partial charge in [0.15, 0.2) is 0 Å². The molecule has 2 amide bonds. The standard InChI is InChI=1S/C35H40N4O4S/c1-24-23-44-33(37-24)30-17-7-8-18-39(30)34(42)27-13-10-12-26(20-27)32(41)38-35(2,28-14-5-4-6-15-28)31(40)22-36-21-25-11-9-16-29(19-25)43-3/h4-6,9-16,19-20,23,30-31,36,40H,7-8,17-18,21-22H2,1-3H3,(H,38,41)/t30-,31-,35+/m1/s1. The normalized spacial score (nSPS) is 17.0. The van der Waals surface area contributed by atoms with Crippen LogP contribution in [0.2, 0.25) is 0 Å². The van der Waals surface area contributed by atoms with Crippen molar-refractivity contribution >= 4 is 23.2 Å². The topological polar surface area (TPSA) is 104 Å². The molecule has 0 unspecified atom stereocenters. The van der Waals surface area contributed by atoms with E-state index in [4.69, 9.17) is 4.74 Å². The molecule has 44 heavy (non-hydrogen) atoms. The SMILES string of the molecule is COc1cccc(CNC[C@@H](O)[C@@](C)(NC(=O)c2cccc(C(=O)N3CCCC[C@@H]3c3nc(C)cs3)c2)c2ccccc2)c1. The van der Waals surface area contributed by atoms with E-state index in [-0.39, 0.29) is 24.4 Å². The Morgan fingerprint density at radius 1 is 1.07 bits per heavy atom. The van der Waals surface area contributed by atoms with Crippen molar-refractivity contribution in [3.63, 3.8) is 0 Å². The Kier molecular flexibility index (Phi) is 10.1. The zero-order chi connectivity index (χ0) is 31.1. The highest BCUT2D eigenvalue weighted by Crippen LogP contribution is 2.34. The molecular weight excluding hydrogens is 572 g/mol. The lowest BCUT2D eigenvalue weighted by molar-refractivity contribution is 0.0554. The molecule has 1 aliphatic rings. The number of ether oxygens (including phenoxy) is 1. The lowest BCUT2D eigenvalue weighted by Crippen LogP contribution is -2.55. The van der Waals surface area contributed by atoms with E-state index in [2.05, 4.69) is 15.6 Å². The molecule has 2 heterocycles. The average Bonchev–Trinajstić information content (AvgIpc) is 3.50. The molecule has 3 N–H and O–H groups in total. The molecule has 5 rings (SSSR count). The fourth-order valence-electron chi connectivity index (χ4n) is 5.70. The fraction of sp³-hybridized carbons (Fsp3) is 0.343. The van der Waals surface area contributed by atoms with E-state index >= 15 is 0 Å². The van der Waals surface area contributed by atoms with Gasteiger partial charge in [-0.3, -0.25) is 9.59 Å². The van der Waals surface area contributed by atoms with Crippen LogP contribution >= 0.6 is 11.3 Å². The van der Waals surface area contributed by atoms with Crippen molar-refractivity contribution in [2.75, 3.05) is 20.2 Å². The number of rotatable bonds is 11. The minimum Gasteiger partial charge on any atom is -0.497 e. The smallest absolute Gasteiger partial charge is 0.254 e. The molecule has 3 atom stereocenters. The first-order chi connectivity index (χ1) is 21.3. The van der Waals surface area contributed by atoms with Gasteiger partial charge in [0.05, 0.1) is 24.8 Å². The minimum atomic E-state index is -1.11. The summed E-state index contributed by atoms with van der Waals surface area (Å²) in [6, 6.07) is 24.0. The van der Waals surface area contributed by atoms with Gasteiger partial charge in [0.1, 0.15) is 10.8 Å². The average molecular weight is 613 g/mol. The van der Waals surface area contributed by atoms with Gasteiger partial charge in [-0.15, -0.1) is 11.3 Å². The Morgan fingerprint density at radius 3 is 2.59 bits per heavy atom. The van der Waals surface area contributed by atoms with E-state index in [9.17, 15) is 14.7 Å². The lowest BCUT2D eigenvalue weighted by atomic mass is 9.85. The third kappa shape index (κ3) is 7.18. The number of aliphatic hydroxyl groups is 1. The van der Waals surface area contributed by atoms with Gasteiger partial charge < -0.3 is 25.4 Å². The van der Waals surface area contributed by atoms with Crippen molar-refractivity contribution in [2.45, 2.75) is 57.3 Å². The highest BCUT2D eigenvalue weighted by atomic mass is 32.1. The Balaban J connectivity index is 1.32. The van der Waals surface area contributed by atoms with Crippen LogP contribution in [0, 0.1) is 6.92 Å². The van der Waals surface area contributed by atoms with Gasteiger partial charge in [-0.2, -0.15) is 0 Å². The molecule has 1 fully saturated rings. The van der Waals surface area contributed by atoms with Crippen LogP contribution in [0.5, 0.6) is 5.75 Å². The van der Waals surface area contributed by atoms with Crippen LogP contribution in [0.4, 0.5) is 0 Å². The van der Waals surface area contributed by atoms with Gasteiger partial charge in [0.25, 0.3) is 11.8 Å². The Bertz CT molecular complexity index is 1580. The number of nitrogens with zero attached hydrogens (tertiary/aromatic N) is 2. The number of carbonyl (C=O) groups excluding carboxylic acids is 2. The number of thiazole rings is 1. The summed E-state index contributed by atoms with van der Waals surface area (Å²) in [5.41, 5.74) is 2.45. The summed E-state index contributed by atoms with van der Waals surface area (Å²) in [4.78, 5) is 34.1. The number of amides is 2. The van der Waals surface area contributed by atoms with Crippen molar-refractivity contribution in [1.29, 1.82) is 0 Å². The summed E-state index contributed by atoms with van der Waals surface area (Å²) in [5.74, 6) is 0.287. The van der Waals surface area contributed by atoms with Crippen molar-refractivity contribution in [1.82, 2.24) is 20.5 Å². The van der Waals surface area contributed by atoms with Crippen molar-refractivity contribution in [3.05, 3.63) is 117 Å². The van der Waals surface area contributed by atoms with Crippen molar-refractivity contribution < 1.29 is 19.4 Å². The van der Waals surface area contributed by atoms with Gasteiger partial charge >= 0.3 is 0 Å². The van der Waals surface area contributed by atoms with Gasteiger partial charge in [0.2, 0.25) is 0 Å². The number of methoxy groups -OCH3 is 1. The van der Waals surface area contributed by atoms with Crippen LogP contribution in [0.3, 0.4) is 0 Å². The highest BCUT2D eigenvalue weighted by Gasteiger charge is 2.37. The summed E-state index contributed by atoms with van der Waals surface area (Å²) >= 11 is 1.59. The van der Waals surface area contributed by atoms with E-state index in [1.807, 2.05) is 78.7 Å². The second kappa shape index (κ2) is 14.2. The maximum absolute atomic E-state index is 13.8. The zero-order valence-electron chi connectivity index (χ0n) is 25.5. The van der Waals surface area contributed by atoms with Crippen LogP contribution in [-0.4, -0.2) is 53.1 Å². The molecule has 8 nitrogen and oxygen atoms in total. The number of nitrogens with one attached hydrogen (secondary N) is 2. The number of hydrogen-bond acceptors (Lipinski definition) is 7. The van der Waals surface area contributed by atoms with E-state index in [0.717, 1.165) is 46.8 Å². The number of likely N-dealkylation sites (tertiary alicyclic amines) is 1. The van der Waals surface area contributed by atoms with E-state index in [1.54, 1.807) is 42.7 Å². The summed E-state index contributed by atoms with van der Waals surface area (Å²) in [6.45, 7) is 5.19. The molecule has 230 valence electrons. The number of aliphatic hydroxyl groups excluding tert-OH is 1. The fourth-order valence-corrected chi connectivity index (χ4v) is 6.64. The molecule has 1 aromatic heterocycles. The molecule has 4 aromatic rings. The molecule has 0 bridgehead atoms. The van der Waals surface area contributed by atoms with Gasteiger partial charge in [-0.25, -0.2) is 4.98 Å². The number of hydrogen-bond donors (Lipinski definition) is 3. The highest BCUT2D eigenvalue weighted by molar-refractivity contribution is 7.09. The van der Waals surface area contributed by atoms with Crippen LogP contribution in [0.15, 0.2) is 84.2 Å². The summed E-state index contributed by atoms with van der Waals surface area (Å²) in [7, 11) is 1.63. The third-order valence-corrected chi connectivity index (χ3v) is 9.34. The van der Waals surface area contributed by atoms with E-state index in [0.29, 0.717) is 24.2 Å². The molecule has 3 aromatic carbocycles. The molecule has 0 spiro atoms. The van der Waals surface area contributed by atoms with Crippen LogP contribution in [-0.2, 0) is 12.1 Å². The number of aryl methyl sites for hydroxylation is 1. The molecule has 1 aliphatic heterocycles. The summed E-state index contributed by atoms with van der Waals surface area (Å²) in [5, 5.41) is 20.9. The van der Waals surface area contributed by atoms with E-state index < -0.39 is 11.6 Å². The number of piperidine rings is 1. The minimum absolute atomic E-state index is 0.0616. The number of benzene rings is 3. The number of aromatic nitrogens is 1. The predicted octanol–water partition coefficient (Wildman–Crippen LogP) is 5.62. The first kappa shape index (κ1) is 31.4. The molecule has 9 heteroatoms. The Hall–Kier alpha value is -4.05. The van der Waals surface area contributed by atoms with Gasteiger partial charge in [-0.05, 0) is 74.6 Å². The predicted molar refractivity (Wildman–Crippen MR) is 173 cm³/mol. The monoisotopic (exact) mass is 612 g/mol. The largest absolute Gasteiger partial charge is 0.497 e. The molecule has 1 saturated heterocycles. The van der Waals surface area contributed by atoms with E-state index in [1.165, 1.54) is 0 Å².